The van der Waals surface area contributed by atoms with E-state index in [1.54, 1.807) is 18.5 Å². The number of hydrogen-bond donors (Lipinski definition) is 1. The molecule has 3 aromatic rings. The number of aryl methyl sites for hydroxylation is 1. The van der Waals surface area contributed by atoms with E-state index in [9.17, 15) is 14.0 Å². The minimum atomic E-state index is -0.537. The first-order valence-corrected chi connectivity index (χ1v) is 8.74. The number of carbonyl (C=O) groups excluding carboxylic acids is 1. The Bertz CT molecular complexity index is 1070. The highest BCUT2D eigenvalue weighted by Crippen LogP contribution is 2.26. The molecule has 1 atom stereocenters. The van der Waals surface area contributed by atoms with Crippen molar-refractivity contribution in [2.24, 2.45) is 0 Å². The van der Waals surface area contributed by atoms with Crippen LogP contribution in [0.1, 0.15) is 5.56 Å². The molecule has 0 aliphatic heterocycles. The fourth-order valence-corrected chi connectivity index (χ4v) is 2.81. The molecule has 0 saturated heterocycles. The van der Waals surface area contributed by atoms with Crippen LogP contribution in [0.4, 0.5) is 10.3 Å². The molecule has 0 saturated carbocycles. The van der Waals surface area contributed by atoms with Gasteiger partial charge in [0.1, 0.15) is 12.4 Å². The summed E-state index contributed by atoms with van der Waals surface area (Å²) in [5.74, 6) is -0.758. The summed E-state index contributed by atoms with van der Waals surface area (Å²) >= 11 is 0. The molecule has 1 aromatic carbocycles. The summed E-state index contributed by atoms with van der Waals surface area (Å²) in [7, 11) is 3.77. The van der Waals surface area contributed by atoms with Crippen LogP contribution in [0.25, 0.3) is 11.1 Å². The lowest BCUT2D eigenvalue weighted by Crippen LogP contribution is -2.30. The Labute approximate surface area is 162 Å². The molecule has 10 heteroatoms. The number of nitrogens with one attached hydrogen (secondary N) is 1. The number of benzene rings is 1. The predicted molar refractivity (Wildman–Crippen MR) is 105 cm³/mol. The average molecular weight is 401 g/mol. The van der Waals surface area contributed by atoms with Gasteiger partial charge in [0, 0.05) is 18.5 Å². The van der Waals surface area contributed by atoms with Gasteiger partial charge in [-0.05, 0) is 41.6 Å². The summed E-state index contributed by atoms with van der Waals surface area (Å²) in [5, 5.41) is 7.17. The maximum absolute atomic E-state index is 13.7. The van der Waals surface area contributed by atoms with E-state index in [0.717, 1.165) is 10.2 Å². The van der Waals surface area contributed by atoms with E-state index in [4.69, 9.17) is 4.74 Å². The first-order chi connectivity index (χ1) is 13.4. The highest BCUT2D eigenvalue weighted by Gasteiger charge is 2.15. The van der Waals surface area contributed by atoms with Crippen molar-refractivity contribution in [2.75, 3.05) is 12.4 Å². The summed E-state index contributed by atoms with van der Waals surface area (Å²) in [6, 6.07) is 5.55. The van der Waals surface area contributed by atoms with Gasteiger partial charge in [-0.1, -0.05) is 0 Å². The summed E-state index contributed by atoms with van der Waals surface area (Å²) in [6.07, 6.45) is 3.12. The smallest absolute Gasteiger partial charge is 0.268 e. The van der Waals surface area contributed by atoms with Crippen molar-refractivity contribution in [1.29, 1.82) is 0 Å². The van der Waals surface area contributed by atoms with E-state index in [2.05, 4.69) is 29.6 Å². The van der Waals surface area contributed by atoms with Crippen molar-refractivity contribution in [3.05, 3.63) is 58.4 Å². The third-order valence-electron chi connectivity index (χ3n) is 3.71. The van der Waals surface area contributed by atoms with E-state index in [1.165, 1.54) is 25.3 Å². The minimum Gasteiger partial charge on any atom is -0.480 e. The molecule has 0 fully saturated rings. The van der Waals surface area contributed by atoms with E-state index in [1.807, 2.05) is 6.92 Å². The number of nitrogens with zero attached hydrogens (tertiary/aromatic N) is 4. The number of hydrogen-bond acceptors (Lipinski definition) is 6. The normalized spacial score (nSPS) is 10.6. The zero-order chi connectivity index (χ0) is 20.3. The lowest BCUT2D eigenvalue weighted by atomic mass is 10.1. The average Bonchev–Trinajstić information content (AvgIpc) is 2.64. The summed E-state index contributed by atoms with van der Waals surface area (Å²) in [6.45, 7) is 1.46. The zero-order valence-corrected chi connectivity index (χ0v) is 16.3. The second kappa shape index (κ2) is 8.22. The molecule has 8 nitrogen and oxygen atoms in total. The number of ether oxygens (including phenoxy) is 1. The van der Waals surface area contributed by atoms with Crippen LogP contribution in [0.5, 0.6) is 5.88 Å². The second-order valence-corrected chi connectivity index (χ2v) is 6.64. The number of halogens is 1. The lowest BCUT2D eigenvalue weighted by Gasteiger charge is -2.11. The van der Waals surface area contributed by atoms with Gasteiger partial charge in [0.05, 0.1) is 12.7 Å². The van der Waals surface area contributed by atoms with Crippen LogP contribution in [0.2, 0.25) is 0 Å². The fourth-order valence-electron chi connectivity index (χ4n) is 2.47. The molecule has 0 aliphatic rings. The van der Waals surface area contributed by atoms with Crippen LogP contribution in [-0.4, -0.2) is 32.8 Å². The van der Waals surface area contributed by atoms with Crippen molar-refractivity contribution >= 4 is 26.4 Å². The van der Waals surface area contributed by atoms with E-state index >= 15 is 0 Å². The summed E-state index contributed by atoms with van der Waals surface area (Å²) in [5.41, 5.74) is 1.08. The maximum atomic E-state index is 13.7. The van der Waals surface area contributed by atoms with Gasteiger partial charge in [-0.15, -0.1) is 14.3 Å². The number of amides is 1. The van der Waals surface area contributed by atoms with Gasteiger partial charge >= 0.3 is 0 Å². The first-order valence-electron chi connectivity index (χ1n) is 8.17. The largest absolute Gasteiger partial charge is 0.480 e. The molecule has 28 heavy (non-hydrogen) atoms. The first kappa shape index (κ1) is 19.6. The van der Waals surface area contributed by atoms with Gasteiger partial charge in [-0.2, -0.15) is 0 Å². The van der Waals surface area contributed by atoms with Crippen LogP contribution in [-0.2, 0) is 11.3 Å². The molecule has 1 unspecified atom stereocenters. The van der Waals surface area contributed by atoms with Crippen LogP contribution in [0, 0.1) is 12.7 Å². The Hall–Kier alpha value is -3.19. The minimum absolute atomic E-state index is 0.0917. The van der Waals surface area contributed by atoms with Gasteiger partial charge < -0.3 is 4.74 Å². The van der Waals surface area contributed by atoms with Gasteiger partial charge in [0.25, 0.3) is 5.56 Å². The monoisotopic (exact) mass is 401 g/mol. The lowest BCUT2D eigenvalue weighted by molar-refractivity contribution is -0.117. The van der Waals surface area contributed by atoms with Gasteiger partial charge in [-0.25, -0.2) is 19.0 Å². The maximum Gasteiger partial charge on any atom is 0.268 e. The number of methoxy groups -OCH3 is 1. The third-order valence-corrected chi connectivity index (χ3v) is 4.05. The molecular formula is C18H17FN5O3P. The summed E-state index contributed by atoms with van der Waals surface area (Å²) < 4.78 is 19.9. The second-order valence-electron chi connectivity index (χ2n) is 5.97. The van der Waals surface area contributed by atoms with Crippen molar-refractivity contribution < 1.29 is 13.9 Å². The van der Waals surface area contributed by atoms with E-state index in [0.29, 0.717) is 16.4 Å². The Kier molecular flexibility index (Phi) is 5.75. The Morgan fingerprint density at radius 3 is 2.61 bits per heavy atom. The van der Waals surface area contributed by atoms with E-state index in [-0.39, 0.29) is 18.4 Å². The SMILES string of the molecule is COc1nn(CC(=O)Nc2ncc(C)cn2)c(=O)cc1-c1cc(F)cc(P)c1. The van der Waals surface area contributed by atoms with E-state index < -0.39 is 17.3 Å². The zero-order valence-electron chi connectivity index (χ0n) is 15.1. The standard InChI is InChI=1S/C18H17FN5O3P/c1-10-7-20-18(21-8-10)22-15(25)9-24-16(26)6-14(17(23-24)27-2)11-3-12(19)5-13(28)4-11/h3-8H,9,28H2,1-2H3,(H,20,21,22,25). The molecule has 0 bridgehead atoms. The van der Waals surface area contributed by atoms with Crippen LogP contribution in [0.3, 0.4) is 0 Å². The van der Waals surface area contributed by atoms with Crippen LogP contribution in [0.15, 0.2) is 41.5 Å². The highest BCUT2D eigenvalue weighted by atomic mass is 31.0. The quantitative estimate of drug-likeness (QED) is 0.647. The molecule has 0 radical (unpaired) electrons. The van der Waals surface area contributed by atoms with Crippen molar-refractivity contribution in [1.82, 2.24) is 19.7 Å². The van der Waals surface area contributed by atoms with Gasteiger partial charge in [-0.3, -0.25) is 14.9 Å². The van der Waals surface area contributed by atoms with Crippen molar-refractivity contribution in [2.45, 2.75) is 13.5 Å². The number of anilines is 1. The molecule has 2 heterocycles. The Balaban J connectivity index is 1.87. The number of rotatable bonds is 5. The topological polar surface area (TPSA) is 99.0 Å². The molecule has 2 aromatic heterocycles. The molecular weight excluding hydrogens is 384 g/mol. The fraction of sp³-hybridized carbons (Fsp3) is 0.167. The molecule has 1 amide bonds. The highest BCUT2D eigenvalue weighted by molar-refractivity contribution is 7.27. The van der Waals surface area contributed by atoms with Crippen molar-refractivity contribution in [3.63, 3.8) is 0 Å². The van der Waals surface area contributed by atoms with Crippen LogP contribution < -0.4 is 20.9 Å². The number of carbonyl (C=O) groups is 1. The molecule has 3 rings (SSSR count). The molecule has 1 N–H and O–H groups in total. The Morgan fingerprint density at radius 1 is 1.25 bits per heavy atom. The molecule has 0 spiro atoms. The van der Waals surface area contributed by atoms with Gasteiger partial charge in [0.15, 0.2) is 0 Å². The number of aromatic nitrogens is 4. The third kappa shape index (κ3) is 4.55. The molecule has 0 aliphatic carbocycles. The van der Waals surface area contributed by atoms with Gasteiger partial charge in [0.2, 0.25) is 17.7 Å². The molecule has 144 valence electrons. The summed E-state index contributed by atoms with van der Waals surface area (Å²) in [4.78, 5) is 32.5. The Morgan fingerprint density at radius 2 is 1.96 bits per heavy atom. The van der Waals surface area contributed by atoms with Crippen LogP contribution >= 0.6 is 9.24 Å². The van der Waals surface area contributed by atoms with Crippen molar-refractivity contribution in [3.8, 4) is 17.0 Å². The predicted octanol–water partition coefficient (Wildman–Crippen LogP) is 1.30.